The Labute approximate surface area is 149 Å². The average molecular weight is 386 g/mol. The fourth-order valence-electron chi connectivity index (χ4n) is 2.49. The van der Waals surface area contributed by atoms with Gasteiger partial charge in [-0.25, -0.2) is 13.4 Å². The van der Waals surface area contributed by atoms with Crippen LogP contribution >= 0.6 is 22.9 Å². The van der Waals surface area contributed by atoms with Crippen molar-refractivity contribution in [2.45, 2.75) is 19.8 Å². The Morgan fingerprint density at radius 3 is 2.83 bits per heavy atom. The van der Waals surface area contributed by atoms with Gasteiger partial charge in [0.15, 0.2) is 5.13 Å². The van der Waals surface area contributed by atoms with Crippen molar-refractivity contribution < 1.29 is 13.2 Å². The van der Waals surface area contributed by atoms with E-state index in [1.54, 1.807) is 12.1 Å². The number of anilines is 2. The Morgan fingerprint density at radius 2 is 2.17 bits per heavy atom. The zero-order valence-electron chi connectivity index (χ0n) is 13.0. The molecule has 0 atom stereocenters. The second kappa shape index (κ2) is 6.70. The first-order chi connectivity index (χ1) is 11.4. The van der Waals surface area contributed by atoms with Crippen LogP contribution in [-0.2, 0) is 10.0 Å². The molecule has 0 radical (unpaired) electrons. The van der Waals surface area contributed by atoms with Crippen LogP contribution in [0.5, 0.6) is 0 Å². The van der Waals surface area contributed by atoms with Gasteiger partial charge in [-0.15, -0.1) is 11.3 Å². The number of hydrogen-bond acceptors (Lipinski definition) is 5. The molecule has 1 aliphatic rings. The first kappa shape index (κ1) is 17.2. The summed E-state index contributed by atoms with van der Waals surface area (Å²) in [6.07, 6.45) is 1.41. The molecule has 3 rings (SSSR count). The van der Waals surface area contributed by atoms with Gasteiger partial charge < -0.3 is 0 Å². The molecule has 0 saturated carbocycles. The molecule has 1 aliphatic heterocycles. The minimum atomic E-state index is -3.39. The van der Waals surface area contributed by atoms with Gasteiger partial charge in [-0.2, -0.15) is 0 Å². The van der Waals surface area contributed by atoms with Crippen LogP contribution in [0.15, 0.2) is 23.6 Å². The van der Waals surface area contributed by atoms with Gasteiger partial charge in [-0.3, -0.25) is 14.4 Å². The second-order valence-corrected chi connectivity index (χ2v) is 8.79. The Bertz CT molecular complexity index is 880. The van der Waals surface area contributed by atoms with E-state index in [0.717, 1.165) is 12.1 Å². The monoisotopic (exact) mass is 385 g/mol. The van der Waals surface area contributed by atoms with Crippen LogP contribution < -0.4 is 9.62 Å². The number of sulfonamides is 1. The summed E-state index contributed by atoms with van der Waals surface area (Å²) in [6.45, 7) is 2.21. The molecule has 24 heavy (non-hydrogen) atoms. The summed E-state index contributed by atoms with van der Waals surface area (Å²) in [7, 11) is -3.39. The maximum absolute atomic E-state index is 12.4. The summed E-state index contributed by atoms with van der Waals surface area (Å²) in [6, 6.07) is 4.63. The van der Waals surface area contributed by atoms with E-state index < -0.39 is 10.0 Å². The Kier molecular flexibility index (Phi) is 4.80. The van der Waals surface area contributed by atoms with E-state index >= 15 is 0 Å². The molecule has 2 aromatic rings. The number of nitrogens with zero attached hydrogens (tertiary/aromatic N) is 2. The number of aromatic nitrogens is 1. The van der Waals surface area contributed by atoms with Crippen molar-refractivity contribution in [2.24, 2.45) is 0 Å². The van der Waals surface area contributed by atoms with Gasteiger partial charge in [0.25, 0.3) is 5.91 Å². The highest BCUT2D eigenvalue weighted by Crippen LogP contribution is 2.32. The van der Waals surface area contributed by atoms with E-state index in [-0.39, 0.29) is 11.7 Å². The van der Waals surface area contributed by atoms with Gasteiger partial charge in [0.2, 0.25) is 10.0 Å². The molecule has 0 bridgehead atoms. The molecule has 6 nitrogen and oxygen atoms in total. The summed E-state index contributed by atoms with van der Waals surface area (Å²) in [4.78, 5) is 16.6. The number of carbonyl (C=O) groups is 1. The number of halogens is 1. The van der Waals surface area contributed by atoms with Gasteiger partial charge >= 0.3 is 0 Å². The molecule has 1 aromatic carbocycles. The number of aryl methyl sites for hydroxylation is 1. The maximum atomic E-state index is 12.4. The van der Waals surface area contributed by atoms with Crippen LogP contribution in [0.1, 0.15) is 28.9 Å². The first-order valence-electron chi connectivity index (χ1n) is 7.40. The summed E-state index contributed by atoms with van der Waals surface area (Å²) in [5.41, 5.74) is 1.51. The van der Waals surface area contributed by atoms with Crippen molar-refractivity contribution >= 4 is 49.7 Å². The fraction of sp³-hybridized carbons (Fsp3) is 0.333. The minimum absolute atomic E-state index is 0.0954. The molecule has 0 aliphatic carbocycles. The molecule has 2 heterocycles. The van der Waals surface area contributed by atoms with Crippen LogP contribution in [0.4, 0.5) is 10.8 Å². The maximum Gasteiger partial charge on any atom is 0.257 e. The van der Waals surface area contributed by atoms with Crippen molar-refractivity contribution in [2.75, 3.05) is 21.9 Å². The molecule has 0 unspecified atom stereocenters. The number of benzene rings is 1. The van der Waals surface area contributed by atoms with Crippen LogP contribution in [-0.4, -0.2) is 31.6 Å². The predicted molar refractivity (Wildman–Crippen MR) is 96.6 cm³/mol. The van der Waals surface area contributed by atoms with E-state index in [1.807, 2.05) is 12.3 Å². The van der Waals surface area contributed by atoms with Gasteiger partial charge in [0.1, 0.15) is 0 Å². The van der Waals surface area contributed by atoms with Crippen LogP contribution in [0.25, 0.3) is 0 Å². The van der Waals surface area contributed by atoms with Crippen molar-refractivity contribution in [3.63, 3.8) is 0 Å². The highest BCUT2D eigenvalue weighted by molar-refractivity contribution is 7.92. The molecular weight excluding hydrogens is 370 g/mol. The number of amides is 1. The van der Waals surface area contributed by atoms with Crippen molar-refractivity contribution in [3.05, 3.63) is 39.9 Å². The highest BCUT2D eigenvalue weighted by atomic mass is 35.5. The molecule has 1 aromatic heterocycles. The lowest BCUT2D eigenvalue weighted by Crippen LogP contribution is -2.38. The van der Waals surface area contributed by atoms with Gasteiger partial charge in [0, 0.05) is 17.5 Å². The van der Waals surface area contributed by atoms with Crippen molar-refractivity contribution in [1.82, 2.24) is 4.98 Å². The molecule has 1 N–H and O–H groups in total. The third kappa shape index (κ3) is 3.55. The number of carbonyl (C=O) groups excluding carboxylic acids is 1. The van der Waals surface area contributed by atoms with Crippen LogP contribution in [0, 0.1) is 6.92 Å². The lowest BCUT2D eigenvalue weighted by Gasteiger charge is -2.29. The third-order valence-corrected chi connectivity index (χ3v) is 6.72. The van der Waals surface area contributed by atoms with Crippen molar-refractivity contribution in [1.29, 1.82) is 0 Å². The molecule has 128 valence electrons. The summed E-state index contributed by atoms with van der Waals surface area (Å²) in [5.74, 6) is -0.255. The standard InChI is InChI=1S/C15H16ClN3O3S2/c1-10-9-23-15(17-10)18-14(20)11-4-5-12(16)13(8-11)19-6-2-3-7-24(19,21)22/h4-5,8-9H,2-3,6-7H2,1H3,(H,17,18,20). The molecule has 0 spiro atoms. The van der Waals surface area contributed by atoms with Gasteiger partial charge in [-0.05, 0) is 38.0 Å². The lowest BCUT2D eigenvalue weighted by molar-refractivity contribution is 0.102. The van der Waals surface area contributed by atoms with E-state index in [1.165, 1.54) is 21.7 Å². The number of thiazole rings is 1. The molecule has 1 saturated heterocycles. The fourth-order valence-corrected chi connectivity index (χ4v) is 5.09. The topological polar surface area (TPSA) is 79.4 Å². The van der Waals surface area contributed by atoms with Crippen molar-refractivity contribution in [3.8, 4) is 0 Å². The minimum Gasteiger partial charge on any atom is -0.298 e. The second-order valence-electron chi connectivity index (χ2n) is 5.51. The third-order valence-electron chi connectivity index (χ3n) is 3.67. The average Bonchev–Trinajstić information content (AvgIpc) is 2.93. The zero-order chi connectivity index (χ0) is 17.3. The summed E-state index contributed by atoms with van der Waals surface area (Å²) < 4.78 is 25.8. The van der Waals surface area contributed by atoms with E-state index in [0.29, 0.717) is 34.4 Å². The molecular formula is C15H16ClN3O3S2. The van der Waals surface area contributed by atoms with Crippen LogP contribution in [0.3, 0.4) is 0 Å². The molecule has 1 fully saturated rings. The largest absolute Gasteiger partial charge is 0.298 e. The van der Waals surface area contributed by atoms with E-state index in [2.05, 4.69) is 10.3 Å². The summed E-state index contributed by atoms with van der Waals surface area (Å²) in [5, 5.41) is 5.35. The molecule has 1 amide bonds. The highest BCUT2D eigenvalue weighted by Gasteiger charge is 2.28. The van der Waals surface area contributed by atoms with Gasteiger partial charge in [0.05, 0.1) is 22.2 Å². The molecule has 9 heteroatoms. The van der Waals surface area contributed by atoms with E-state index in [9.17, 15) is 13.2 Å². The lowest BCUT2D eigenvalue weighted by atomic mass is 10.2. The van der Waals surface area contributed by atoms with E-state index in [4.69, 9.17) is 11.6 Å². The first-order valence-corrected chi connectivity index (χ1v) is 10.3. The SMILES string of the molecule is Cc1csc(NC(=O)c2ccc(Cl)c(N3CCCCS3(=O)=O)c2)n1. The number of hydrogen-bond donors (Lipinski definition) is 1. The number of rotatable bonds is 3. The quantitative estimate of drug-likeness (QED) is 0.879. The normalized spacial score (nSPS) is 16.8. The van der Waals surface area contributed by atoms with Gasteiger partial charge in [-0.1, -0.05) is 11.6 Å². The zero-order valence-corrected chi connectivity index (χ0v) is 15.3. The Hall–Kier alpha value is -1.64. The smallest absolute Gasteiger partial charge is 0.257 e. The van der Waals surface area contributed by atoms with Crippen LogP contribution in [0.2, 0.25) is 5.02 Å². The predicted octanol–water partition coefficient (Wildman–Crippen LogP) is 3.29. The number of nitrogens with one attached hydrogen (secondary N) is 1. The Morgan fingerprint density at radius 1 is 1.38 bits per heavy atom. The summed E-state index contributed by atoms with van der Waals surface area (Å²) >= 11 is 7.51. The Balaban J connectivity index is 1.89.